The summed E-state index contributed by atoms with van der Waals surface area (Å²) in [5, 5.41) is 16.6. The maximum atomic E-state index is 13.1. The van der Waals surface area contributed by atoms with E-state index in [1.54, 1.807) is 30.3 Å². The molecule has 34 heavy (non-hydrogen) atoms. The number of para-hydroxylation sites is 2. The zero-order valence-corrected chi connectivity index (χ0v) is 18.4. The molecule has 0 saturated carbocycles. The number of methoxy groups -OCH3 is 1. The van der Waals surface area contributed by atoms with Crippen LogP contribution in [-0.4, -0.2) is 43.3 Å². The highest BCUT2D eigenvalue weighted by molar-refractivity contribution is 6.15. The van der Waals surface area contributed by atoms with Gasteiger partial charge in [0.05, 0.1) is 23.3 Å². The summed E-state index contributed by atoms with van der Waals surface area (Å²) in [7, 11) is 2.99. The predicted octanol–water partition coefficient (Wildman–Crippen LogP) is 3.67. The smallest absolute Gasteiger partial charge is 0.339 e. The largest absolute Gasteiger partial charge is 0.495 e. The second-order valence-electron chi connectivity index (χ2n) is 6.94. The lowest BCUT2D eigenvalue weighted by Crippen LogP contribution is -2.22. The van der Waals surface area contributed by atoms with Gasteiger partial charge in [-0.25, -0.2) is 4.79 Å². The van der Waals surface area contributed by atoms with Crippen molar-refractivity contribution >= 4 is 34.7 Å². The number of hydrogen-bond acceptors (Lipinski definition) is 8. The van der Waals surface area contributed by atoms with Crippen molar-refractivity contribution in [3.05, 3.63) is 93.5 Å². The molecule has 0 fully saturated rings. The Bertz CT molecular complexity index is 1260. The van der Waals surface area contributed by atoms with Gasteiger partial charge in [0.1, 0.15) is 11.4 Å². The zero-order valence-electron chi connectivity index (χ0n) is 18.4. The third-order valence-electron chi connectivity index (χ3n) is 4.83. The average molecular weight is 463 g/mol. The van der Waals surface area contributed by atoms with Crippen LogP contribution in [-0.2, 0) is 9.53 Å². The highest BCUT2D eigenvalue weighted by atomic mass is 16.6. The van der Waals surface area contributed by atoms with Crippen molar-refractivity contribution in [3.63, 3.8) is 0 Å². The topological polar surface area (TPSA) is 137 Å². The summed E-state index contributed by atoms with van der Waals surface area (Å²) in [4.78, 5) is 48.7. The number of hydrogen-bond donors (Lipinski definition) is 2. The van der Waals surface area contributed by atoms with E-state index < -0.39 is 29.2 Å². The molecule has 0 unspecified atom stereocenters. The molecule has 174 valence electrons. The molecule has 0 saturated heterocycles. The summed E-state index contributed by atoms with van der Waals surface area (Å²) < 4.78 is 10.3. The summed E-state index contributed by atoms with van der Waals surface area (Å²) >= 11 is 0. The van der Waals surface area contributed by atoms with Gasteiger partial charge in [0.25, 0.3) is 11.6 Å². The van der Waals surface area contributed by atoms with E-state index in [0.29, 0.717) is 11.4 Å². The molecular weight excluding hydrogens is 442 g/mol. The minimum atomic E-state index is -0.888. The fourth-order valence-corrected chi connectivity index (χ4v) is 3.19. The van der Waals surface area contributed by atoms with Gasteiger partial charge in [-0.05, 0) is 30.3 Å². The Morgan fingerprint density at radius 3 is 2.29 bits per heavy atom. The van der Waals surface area contributed by atoms with Crippen LogP contribution in [0.2, 0.25) is 0 Å². The molecule has 0 radical (unpaired) electrons. The van der Waals surface area contributed by atoms with Gasteiger partial charge < -0.3 is 20.1 Å². The molecule has 0 aromatic heterocycles. The summed E-state index contributed by atoms with van der Waals surface area (Å²) in [5.41, 5.74) is 0.326. The quantitative estimate of drug-likeness (QED) is 0.212. The molecule has 3 rings (SSSR count). The molecule has 3 aromatic carbocycles. The molecule has 2 N–H and O–H groups in total. The third-order valence-corrected chi connectivity index (χ3v) is 4.83. The van der Waals surface area contributed by atoms with E-state index in [0.717, 1.165) is 6.07 Å². The molecule has 10 nitrogen and oxygen atoms in total. The number of anilines is 2. The van der Waals surface area contributed by atoms with E-state index in [9.17, 15) is 24.5 Å². The van der Waals surface area contributed by atoms with Crippen LogP contribution in [0.4, 0.5) is 17.1 Å². The van der Waals surface area contributed by atoms with Crippen LogP contribution in [0.1, 0.15) is 26.3 Å². The second-order valence-corrected chi connectivity index (χ2v) is 6.94. The van der Waals surface area contributed by atoms with Crippen molar-refractivity contribution in [2.24, 2.45) is 0 Å². The maximum absolute atomic E-state index is 13.1. The van der Waals surface area contributed by atoms with Crippen molar-refractivity contribution < 1.29 is 28.8 Å². The first-order chi connectivity index (χ1) is 16.3. The summed E-state index contributed by atoms with van der Waals surface area (Å²) in [5.74, 6) is -1.64. The van der Waals surface area contributed by atoms with Gasteiger partial charge in [0, 0.05) is 24.2 Å². The van der Waals surface area contributed by atoms with E-state index in [1.165, 1.54) is 44.5 Å². The molecule has 1 amide bonds. The minimum Gasteiger partial charge on any atom is -0.495 e. The normalized spacial score (nSPS) is 10.2. The van der Waals surface area contributed by atoms with E-state index in [4.69, 9.17) is 9.47 Å². The molecule has 0 heterocycles. The number of nitrogens with zero attached hydrogens (tertiary/aromatic N) is 1. The van der Waals surface area contributed by atoms with E-state index >= 15 is 0 Å². The zero-order chi connectivity index (χ0) is 24.7. The maximum Gasteiger partial charge on any atom is 0.339 e. The number of ether oxygens (including phenoxy) is 2. The molecule has 0 bridgehead atoms. The first kappa shape index (κ1) is 23.9. The number of ketones is 1. The number of nitro groups is 1. The van der Waals surface area contributed by atoms with Gasteiger partial charge in [-0.1, -0.05) is 30.3 Å². The minimum absolute atomic E-state index is 0.0101. The third kappa shape index (κ3) is 5.36. The van der Waals surface area contributed by atoms with Crippen molar-refractivity contribution in [2.45, 2.75) is 0 Å². The van der Waals surface area contributed by atoms with Crippen LogP contribution in [0, 0.1) is 10.1 Å². The van der Waals surface area contributed by atoms with Gasteiger partial charge in [-0.15, -0.1) is 0 Å². The van der Waals surface area contributed by atoms with E-state index in [-0.39, 0.29) is 28.1 Å². The predicted molar refractivity (Wildman–Crippen MR) is 124 cm³/mol. The number of esters is 1. The highest BCUT2D eigenvalue weighted by Crippen LogP contribution is 2.27. The standard InChI is InChI=1S/C24H21N3O7/c1-25-18-12-11-15(13-20(18)27(31)32)23(29)16-7-3-4-8-17(16)24(30)34-14-22(28)26-19-9-5-6-10-21(19)33-2/h3-13,25H,14H2,1-2H3,(H,26,28). The Balaban J connectivity index is 1.76. The lowest BCUT2D eigenvalue weighted by Gasteiger charge is -2.11. The van der Waals surface area contributed by atoms with Gasteiger partial charge in [-0.3, -0.25) is 19.7 Å². The number of carbonyl (C=O) groups is 3. The fourth-order valence-electron chi connectivity index (χ4n) is 3.19. The number of benzene rings is 3. The first-order valence-electron chi connectivity index (χ1n) is 10.1. The van der Waals surface area contributed by atoms with E-state index in [1.807, 2.05) is 0 Å². The molecule has 10 heteroatoms. The van der Waals surface area contributed by atoms with Crippen LogP contribution in [0.5, 0.6) is 5.75 Å². The van der Waals surface area contributed by atoms with Crippen LogP contribution < -0.4 is 15.4 Å². The number of rotatable bonds is 9. The second kappa shape index (κ2) is 10.7. The number of nitrogens with one attached hydrogen (secondary N) is 2. The number of carbonyl (C=O) groups excluding carboxylic acids is 3. The molecule has 0 aliphatic rings. The highest BCUT2D eigenvalue weighted by Gasteiger charge is 2.23. The molecule has 0 aliphatic carbocycles. The summed E-state index contributed by atoms with van der Waals surface area (Å²) in [6.45, 7) is -0.595. The molecular formula is C24H21N3O7. The molecule has 0 spiro atoms. The lowest BCUT2D eigenvalue weighted by atomic mass is 9.97. The number of nitro benzene ring substituents is 1. The fraction of sp³-hybridized carbons (Fsp3) is 0.125. The van der Waals surface area contributed by atoms with Gasteiger partial charge >= 0.3 is 5.97 Å². The molecule has 0 aliphatic heterocycles. The SMILES string of the molecule is CNc1ccc(C(=O)c2ccccc2C(=O)OCC(=O)Nc2ccccc2OC)cc1[N+](=O)[O-]. The average Bonchev–Trinajstić information content (AvgIpc) is 2.86. The molecule has 0 atom stereocenters. The van der Waals surface area contributed by atoms with Gasteiger partial charge in [0.15, 0.2) is 12.4 Å². The Kier molecular flexibility index (Phi) is 7.55. The van der Waals surface area contributed by atoms with Gasteiger partial charge in [0.2, 0.25) is 0 Å². The number of amides is 1. The Labute approximate surface area is 194 Å². The van der Waals surface area contributed by atoms with Crippen LogP contribution in [0.25, 0.3) is 0 Å². The van der Waals surface area contributed by atoms with Crippen LogP contribution in [0.15, 0.2) is 66.7 Å². The van der Waals surface area contributed by atoms with Crippen molar-refractivity contribution in [3.8, 4) is 5.75 Å². The Morgan fingerprint density at radius 1 is 0.941 bits per heavy atom. The van der Waals surface area contributed by atoms with Crippen molar-refractivity contribution in [1.29, 1.82) is 0 Å². The van der Waals surface area contributed by atoms with Crippen molar-refractivity contribution in [2.75, 3.05) is 31.4 Å². The van der Waals surface area contributed by atoms with Crippen LogP contribution in [0.3, 0.4) is 0 Å². The Morgan fingerprint density at radius 2 is 1.62 bits per heavy atom. The van der Waals surface area contributed by atoms with Crippen molar-refractivity contribution in [1.82, 2.24) is 0 Å². The van der Waals surface area contributed by atoms with E-state index in [2.05, 4.69) is 10.6 Å². The summed E-state index contributed by atoms with van der Waals surface area (Å²) in [6, 6.07) is 16.6. The van der Waals surface area contributed by atoms with Gasteiger partial charge in [-0.2, -0.15) is 0 Å². The summed E-state index contributed by atoms with van der Waals surface area (Å²) in [6.07, 6.45) is 0. The lowest BCUT2D eigenvalue weighted by molar-refractivity contribution is -0.384. The monoisotopic (exact) mass is 463 g/mol. The molecule has 3 aromatic rings. The Hall–Kier alpha value is -4.73. The first-order valence-corrected chi connectivity index (χ1v) is 10.1. The van der Waals surface area contributed by atoms with Crippen LogP contribution >= 0.6 is 0 Å².